The Kier molecular flexibility index (Phi) is 5.37. The van der Waals surface area contributed by atoms with Gasteiger partial charge in [0.1, 0.15) is 5.82 Å². The Balaban J connectivity index is 2.12. The third-order valence-corrected chi connectivity index (χ3v) is 3.47. The van der Waals surface area contributed by atoms with E-state index in [1.165, 1.54) is 0 Å². The smallest absolute Gasteiger partial charge is 0.258 e. The summed E-state index contributed by atoms with van der Waals surface area (Å²) < 4.78 is 5.14. The van der Waals surface area contributed by atoms with Crippen LogP contribution < -0.4 is 5.32 Å². The Morgan fingerprint density at radius 1 is 1.50 bits per heavy atom. The van der Waals surface area contributed by atoms with E-state index < -0.39 is 0 Å². The quantitative estimate of drug-likeness (QED) is 0.807. The van der Waals surface area contributed by atoms with Gasteiger partial charge >= 0.3 is 0 Å². The Bertz CT molecular complexity index is 541. The van der Waals surface area contributed by atoms with Gasteiger partial charge in [-0.2, -0.15) is 16.7 Å². The number of rotatable bonds is 7. The second-order valence-corrected chi connectivity index (χ2v) is 5.30. The van der Waals surface area contributed by atoms with Gasteiger partial charge in [-0.05, 0) is 31.7 Å². The maximum Gasteiger partial charge on any atom is 0.258 e. The molecule has 7 heteroatoms. The van der Waals surface area contributed by atoms with Crippen molar-refractivity contribution >= 4 is 17.6 Å². The Labute approximate surface area is 122 Å². The van der Waals surface area contributed by atoms with Crippen molar-refractivity contribution in [3.63, 3.8) is 0 Å². The van der Waals surface area contributed by atoms with Gasteiger partial charge in [0.25, 0.3) is 5.89 Å². The van der Waals surface area contributed by atoms with Crippen LogP contribution in [0.5, 0.6) is 0 Å². The number of pyridine rings is 1. The second-order valence-electron chi connectivity index (χ2n) is 4.39. The fourth-order valence-electron chi connectivity index (χ4n) is 1.82. The van der Waals surface area contributed by atoms with Gasteiger partial charge in [0, 0.05) is 30.2 Å². The molecular formula is C13H18N4O2S. The van der Waals surface area contributed by atoms with Gasteiger partial charge in [-0.25, -0.2) is 4.98 Å². The minimum Gasteiger partial charge on any atom is -0.396 e. The molecule has 2 rings (SSSR count). The van der Waals surface area contributed by atoms with Crippen molar-refractivity contribution in [1.82, 2.24) is 15.1 Å². The third kappa shape index (κ3) is 3.94. The molecule has 0 saturated carbocycles. The summed E-state index contributed by atoms with van der Waals surface area (Å²) in [5.41, 5.74) is 0.829. The molecule has 0 fully saturated rings. The minimum absolute atomic E-state index is 0.154. The van der Waals surface area contributed by atoms with Gasteiger partial charge in [0.2, 0.25) is 0 Å². The molecule has 0 aromatic carbocycles. The lowest BCUT2D eigenvalue weighted by molar-refractivity contribution is 0.282. The summed E-state index contributed by atoms with van der Waals surface area (Å²) in [7, 11) is 0. The van der Waals surface area contributed by atoms with Crippen LogP contribution in [-0.2, 0) is 0 Å². The zero-order chi connectivity index (χ0) is 14.4. The number of thioether (sulfide) groups is 1. The summed E-state index contributed by atoms with van der Waals surface area (Å²) in [4.78, 5) is 8.48. The maximum absolute atomic E-state index is 9.07. The number of hydrogen-bond acceptors (Lipinski definition) is 7. The summed E-state index contributed by atoms with van der Waals surface area (Å²) in [6.07, 6.45) is 4.43. The molecule has 0 aliphatic heterocycles. The normalized spacial score (nSPS) is 12.3. The van der Waals surface area contributed by atoms with Crippen LogP contribution in [0, 0.1) is 6.92 Å². The van der Waals surface area contributed by atoms with Gasteiger partial charge < -0.3 is 14.9 Å². The van der Waals surface area contributed by atoms with Crippen LogP contribution >= 0.6 is 11.8 Å². The minimum atomic E-state index is 0.154. The van der Waals surface area contributed by atoms with Crippen molar-refractivity contribution in [3.8, 4) is 11.5 Å². The molecule has 0 spiro atoms. The zero-order valence-corrected chi connectivity index (χ0v) is 12.4. The summed E-state index contributed by atoms with van der Waals surface area (Å²) in [5, 5.41) is 16.2. The fraction of sp³-hybridized carbons (Fsp3) is 0.462. The maximum atomic E-state index is 9.07. The molecule has 6 nitrogen and oxygen atoms in total. The SMILES string of the molecule is CSCC(CCO)Nc1cc(-c2nc(C)no2)ccn1. The highest BCUT2D eigenvalue weighted by molar-refractivity contribution is 7.98. The van der Waals surface area contributed by atoms with Gasteiger partial charge in [0.05, 0.1) is 0 Å². The first-order valence-electron chi connectivity index (χ1n) is 6.36. The van der Waals surface area contributed by atoms with E-state index in [4.69, 9.17) is 9.63 Å². The van der Waals surface area contributed by atoms with Crippen molar-refractivity contribution in [3.05, 3.63) is 24.2 Å². The van der Waals surface area contributed by atoms with Crippen LogP contribution in [0.2, 0.25) is 0 Å². The highest BCUT2D eigenvalue weighted by Crippen LogP contribution is 2.20. The van der Waals surface area contributed by atoms with Crippen molar-refractivity contribution < 1.29 is 9.63 Å². The monoisotopic (exact) mass is 294 g/mol. The average Bonchev–Trinajstić information content (AvgIpc) is 2.86. The Hall–Kier alpha value is -1.60. The molecule has 0 bridgehead atoms. The largest absolute Gasteiger partial charge is 0.396 e. The molecule has 0 aliphatic carbocycles. The van der Waals surface area contributed by atoms with Crippen LogP contribution in [0.1, 0.15) is 12.2 Å². The van der Waals surface area contributed by atoms with Gasteiger partial charge in [-0.1, -0.05) is 5.16 Å². The van der Waals surface area contributed by atoms with E-state index in [9.17, 15) is 0 Å². The fourth-order valence-corrected chi connectivity index (χ4v) is 2.47. The summed E-state index contributed by atoms with van der Waals surface area (Å²) in [6, 6.07) is 3.88. The molecule has 0 aliphatic rings. The van der Waals surface area contributed by atoms with Crippen molar-refractivity contribution in [2.75, 3.05) is 23.9 Å². The average molecular weight is 294 g/mol. The molecular weight excluding hydrogens is 276 g/mol. The van der Waals surface area contributed by atoms with E-state index >= 15 is 0 Å². The van der Waals surface area contributed by atoms with Crippen LogP contribution in [-0.4, -0.2) is 44.9 Å². The lowest BCUT2D eigenvalue weighted by atomic mass is 10.2. The summed E-state index contributed by atoms with van der Waals surface area (Å²) in [6.45, 7) is 1.93. The molecule has 1 atom stereocenters. The molecule has 108 valence electrons. The summed E-state index contributed by atoms with van der Waals surface area (Å²) >= 11 is 1.73. The molecule has 2 heterocycles. The molecule has 20 heavy (non-hydrogen) atoms. The van der Waals surface area contributed by atoms with Crippen LogP contribution in [0.25, 0.3) is 11.5 Å². The molecule has 0 radical (unpaired) electrons. The molecule has 2 N–H and O–H groups in total. The zero-order valence-electron chi connectivity index (χ0n) is 11.5. The lowest BCUT2D eigenvalue weighted by Gasteiger charge is -2.17. The van der Waals surface area contributed by atoms with Crippen molar-refractivity contribution in [2.24, 2.45) is 0 Å². The first-order chi connectivity index (χ1) is 9.72. The number of anilines is 1. The molecule has 1 unspecified atom stereocenters. The van der Waals surface area contributed by atoms with E-state index in [1.54, 1.807) is 24.9 Å². The number of nitrogens with one attached hydrogen (secondary N) is 1. The van der Waals surface area contributed by atoms with Crippen LogP contribution in [0.15, 0.2) is 22.9 Å². The third-order valence-electron chi connectivity index (χ3n) is 2.73. The summed E-state index contributed by atoms with van der Waals surface area (Å²) in [5.74, 6) is 2.74. The van der Waals surface area contributed by atoms with E-state index in [0.29, 0.717) is 18.1 Å². The van der Waals surface area contributed by atoms with E-state index in [1.807, 2.05) is 18.4 Å². The molecule has 2 aromatic heterocycles. The predicted molar refractivity (Wildman–Crippen MR) is 79.8 cm³/mol. The standard InChI is InChI=1S/C13H18N4O2S/c1-9-15-13(19-17-9)10-3-5-14-12(7-10)16-11(4-6-18)8-20-2/h3,5,7,11,18H,4,6,8H2,1-2H3,(H,14,16). The predicted octanol–water partition coefficient (Wildman–Crippen LogP) is 1.97. The number of aliphatic hydroxyl groups is 1. The van der Waals surface area contributed by atoms with Crippen molar-refractivity contribution in [2.45, 2.75) is 19.4 Å². The number of aromatic nitrogens is 3. The van der Waals surface area contributed by atoms with Gasteiger partial charge in [-0.15, -0.1) is 0 Å². The number of aliphatic hydroxyl groups excluding tert-OH is 1. The number of aryl methyl sites for hydroxylation is 1. The van der Waals surface area contributed by atoms with Crippen LogP contribution in [0.4, 0.5) is 5.82 Å². The van der Waals surface area contributed by atoms with Gasteiger partial charge in [0.15, 0.2) is 5.82 Å². The van der Waals surface area contributed by atoms with E-state index in [-0.39, 0.29) is 12.6 Å². The Morgan fingerprint density at radius 3 is 3.00 bits per heavy atom. The first kappa shape index (κ1) is 14.8. The topological polar surface area (TPSA) is 84.1 Å². The highest BCUT2D eigenvalue weighted by atomic mass is 32.2. The Morgan fingerprint density at radius 2 is 2.35 bits per heavy atom. The number of hydrogen-bond donors (Lipinski definition) is 2. The van der Waals surface area contributed by atoms with Crippen LogP contribution in [0.3, 0.4) is 0 Å². The highest BCUT2D eigenvalue weighted by Gasteiger charge is 2.11. The lowest BCUT2D eigenvalue weighted by Crippen LogP contribution is -2.24. The first-order valence-corrected chi connectivity index (χ1v) is 7.75. The molecule has 0 saturated heterocycles. The molecule has 2 aromatic rings. The second kappa shape index (κ2) is 7.25. The van der Waals surface area contributed by atoms with Gasteiger partial charge in [-0.3, -0.25) is 0 Å². The molecule has 0 amide bonds. The van der Waals surface area contributed by atoms with Crippen molar-refractivity contribution in [1.29, 1.82) is 0 Å². The van der Waals surface area contributed by atoms with E-state index in [0.717, 1.165) is 17.1 Å². The van der Waals surface area contributed by atoms with E-state index in [2.05, 4.69) is 20.4 Å². The number of nitrogens with zero attached hydrogens (tertiary/aromatic N) is 3.